The van der Waals surface area contributed by atoms with Crippen LogP contribution in [0.2, 0.25) is 5.02 Å². The van der Waals surface area contributed by atoms with Crippen LogP contribution in [0.25, 0.3) is 0 Å². The highest BCUT2D eigenvalue weighted by atomic mass is 35.5. The van der Waals surface area contributed by atoms with E-state index in [9.17, 15) is 9.59 Å². The summed E-state index contributed by atoms with van der Waals surface area (Å²) in [6.07, 6.45) is 0.789. The number of carbonyl (C=O) groups is 2. The molecule has 0 spiro atoms. The van der Waals surface area contributed by atoms with Crippen molar-refractivity contribution in [2.45, 2.75) is 32.5 Å². The molecule has 1 fully saturated rings. The van der Waals surface area contributed by atoms with E-state index in [0.717, 1.165) is 19.6 Å². The Morgan fingerprint density at radius 3 is 2.46 bits per heavy atom. The van der Waals surface area contributed by atoms with Crippen LogP contribution in [0, 0.1) is 0 Å². The molecule has 1 aliphatic heterocycles. The van der Waals surface area contributed by atoms with E-state index in [0.29, 0.717) is 28.3 Å². The molecule has 1 saturated heterocycles. The molecule has 1 unspecified atom stereocenters. The van der Waals surface area contributed by atoms with E-state index < -0.39 is 0 Å². The fourth-order valence-corrected chi connectivity index (χ4v) is 3.83. The first-order chi connectivity index (χ1) is 13.4. The number of carbonyl (C=O) groups excluding carboxylic acids is 2. The summed E-state index contributed by atoms with van der Waals surface area (Å²) < 4.78 is 5.74. The molecule has 2 aromatic carbocycles. The van der Waals surface area contributed by atoms with Gasteiger partial charge in [0, 0.05) is 16.1 Å². The van der Waals surface area contributed by atoms with Gasteiger partial charge < -0.3 is 15.0 Å². The molecule has 148 valence electrons. The summed E-state index contributed by atoms with van der Waals surface area (Å²) in [5.41, 5.74) is 1.44. The summed E-state index contributed by atoms with van der Waals surface area (Å²) in [5, 5.41) is 3.34. The molecule has 0 radical (unpaired) electrons. The molecule has 1 aliphatic rings. The maximum atomic E-state index is 12.9. The summed E-state index contributed by atoms with van der Waals surface area (Å²) in [4.78, 5) is 26.7. The van der Waals surface area contributed by atoms with Crippen LogP contribution in [0.3, 0.4) is 0 Å². The first-order valence-corrected chi connectivity index (χ1v) is 9.98. The van der Waals surface area contributed by atoms with Gasteiger partial charge in [0.25, 0.3) is 0 Å². The average molecular weight is 402 g/mol. The first-order valence-electron chi connectivity index (χ1n) is 9.60. The van der Waals surface area contributed by atoms with E-state index in [4.69, 9.17) is 16.3 Å². The second-order valence-electron chi connectivity index (χ2n) is 7.35. The number of amides is 1. The summed E-state index contributed by atoms with van der Waals surface area (Å²) >= 11 is 6.09. The number of morpholine rings is 1. The van der Waals surface area contributed by atoms with Gasteiger partial charge in [-0.3, -0.25) is 9.59 Å². The number of halogens is 1. The molecule has 0 aliphatic carbocycles. The average Bonchev–Trinajstić information content (AvgIpc) is 2.67. The van der Waals surface area contributed by atoms with Crippen molar-refractivity contribution in [3.8, 4) is 0 Å². The number of quaternary nitrogens is 1. The Balaban J connectivity index is 1.67. The van der Waals surface area contributed by atoms with Gasteiger partial charge in [0.05, 0.1) is 18.7 Å². The molecule has 0 aromatic heterocycles. The maximum Gasteiger partial charge on any atom is 0.230 e. The third-order valence-electron chi connectivity index (χ3n) is 4.86. The second-order valence-corrected chi connectivity index (χ2v) is 7.79. The van der Waals surface area contributed by atoms with Crippen LogP contribution in [0.5, 0.6) is 0 Å². The number of hydrogen-bond acceptors (Lipinski definition) is 3. The normalized spacial score (nSPS) is 21.9. The maximum absolute atomic E-state index is 12.9. The van der Waals surface area contributed by atoms with Crippen molar-refractivity contribution < 1.29 is 19.2 Å². The molecule has 3 rings (SSSR count). The van der Waals surface area contributed by atoms with Crippen LogP contribution in [-0.4, -0.2) is 43.5 Å². The summed E-state index contributed by atoms with van der Waals surface area (Å²) in [7, 11) is 0. The van der Waals surface area contributed by atoms with Crippen molar-refractivity contribution in [3.63, 3.8) is 0 Å². The van der Waals surface area contributed by atoms with Crippen molar-refractivity contribution in [1.29, 1.82) is 0 Å². The van der Waals surface area contributed by atoms with Crippen LogP contribution in [0.4, 0.5) is 5.69 Å². The predicted molar refractivity (Wildman–Crippen MR) is 110 cm³/mol. The van der Waals surface area contributed by atoms with Gasteiger partial charge in [-0.15, -0.1) is 0 Å². The van der Waals surface area contributed by atoms with Crippen LogP contribution < -0.4 is 10.2 Å². The molecular formula is C22H26ClN2O3+. The number of ketones is 1. The highest BCUT2D eigenvalue weighted by Crippen LogP contribution is 2.24. The molecule has 0 saturated carbocycles. The molecule has 2 N–H and O–H groups in total. The molecule has 28 heavy (non-hydrogen) atoms. The van der Waals surface area contributed by atoms with Crippen molar-refractivity contribution in [1.82, 2.24) is 0 Å². The fourth-order valence-electron chi connectivity index (χ4n) is 3.65. The lowest BCUT2D eigenvalue weighted by molar-refractivity contribution is -0.914. The second kappa shape index (κ2) is 9.32. The fraction of sp³-hybridized carbons (Fsp3) is 0.364. The number of rotatable bonds is 6. The molecule has 5 nitrogen and oxygen atoms in total. The lowest BCUT2D eigenvalue weighted by Gasteiger charge is -2.32. The first kappa shape index (κ1) is 20.5. The van der Waals surface area contributed by atoms with Gasteiger partial charge in [-0.1, -0.05) is 41.9 Å². The third-order valence-corrected chi connectivity index (χ3v) is 5.09. The Hall–Kier alpha value is -2.21. The standard InChI is InChI=1S/C22H25ClN2O3/c1-15-13-25(14-16(2)28-15)11-10-21(26)24-20-9-8-18(23)12-19(20)22(27)17-6-4-3-5-7-17/h3-9,12,15-16H,10-11,13-14H2,1-2H3,(H,24,26)/p+1/t15-,16+. The van der Waals surface area contributed by atoms with E-state index >= 15 is 0 Å². The quantitative estimate of drug-likeness (QED) is 0.731. The van der Waals surface area contributed by atoms with Crippen molar-refractivity contribution in [3.05, 3.63) is 64.7 Å². The third kappa shape index (κ3) is 5.41. The number of ether oxygens (including phenoxy) is 1. The number of hydrogen-bond donors (Lipinski definition) is 2. The van der Waals surface area contributed by atoms with Gasteiger partial charge >= 0.3 is 0 Å². The van der Waals surface area contributed by atoms with Crippen molar-refractivity contribution in [2.75, 3.05) is 25.0 Å². The summed E-state index contributed by atoms with van der Waals surface area (Å²) in [6, 6.07) is 13.9. The molecule has 3 atom stereocenters. The van der Waals surface area contributed by atoms with Crippen LogP contribution in [0.15, 0.2) is 48.5 Å². The smallest absolute Gasteiger partial charge is 0.230 e. The van der Waals surface area contributed by atoms with Gasteiger partial charge in [-0.25, -0.2) is 0 Å². The lowest BCUT2D eigenvalue weighted by Crippen LogP contribution is -3.15. The Morgan fingerprint density at radius 2 is 1.79 bits per heavy atom. The van der Waals surface area contributed by atoms with Crippen molar-refractivity contribution >= 4 is 29.0 Å². The van der Waals surface area contributed by atoms with Gasteiger partial charge in [-0.2, -0.15) is 0 Å². The van der Waals surface area contributed by atoms with E-state index in [2.05, 4.69) is 19.2 Å². The van der Waals surface area contributed by atoms with Gasteiger partial charge in [0.1, 0.15) is 25.3 Å². The Kier molecular flexibility index (Phi) is 6.83. The van der Waals surface area contributed by atoms with Crippen LogP contribution in [0.1, 0.15) is 36.2 Å². The molecule has 0 bridgehead atoms. The Morgan fingerprint density at radius 1 is 1.11 bits per heavy atom. The van der Waals surface area contributed by atoms with E-state index in [-0.39, 0.29) is 23.9 Å². The van der Waals surface area contributed by atoms with Crippen LogP contribution in [-0.2, 0) is 9.53 Å². The summed E-state index contributed by atoms with van der Waals surface area (Å²) in [5.74, 6) is -0.274. The molecular weight excluding hydrogens is 376 g/mol. The Labute approximate surface area is 170 Å². The van der Waals surface area contributed by atoms with Gasteiger partial charge in [0.15, 0.2) is 5.78 Å². The van der Waals surface area contributed by atoms with E-state index in [1.165, 1.54) is 4.90 Å². The lowest BCUT2D eigenvalue weighted by atomic mass is 10.0. The molecule has 6 heteroatoms. The van der Waals surface area contributed by atoms with Gasteiger partial charge in [-0.05, 0) is 32.0 Å². The zero-order valence-corrected chi connectivity index (χ0v) is 17.0. The zero-order valence-electron chi connectivity index (χ0n) is 16.2. The minimum atomic E-state index is -0.167. The highest BCUT2D eigenvalue weighted by Gasteiger charge is 2.26. The minimum absolute atomic E-state index is 0.108. The van der Waals surface area contributed by atoms with E-state index in [1.807, 2.05) is 18.2 Å². The molecule has 2 aromatic rings. The summed E-state index contributed by atoms with van der Waals surface area (Å²) in [6.45, 7) is 6.65. The predicted octanol–water partition coefficient (Wildman–Crippen LogP) is 2.59. The number of nitrogens with one attached hydrogen (secondary N) is 2. The molecule has 1 amide bonds. The minimum Gasteiger partial charge on any atom is -0.364 e. The number of anilines is 1. The van der Waals surface area contributed by atoms with Gasteiger partial charge in [0.2, 0.25) is 5.91 Å². The van der Waals surface area contributed by atoms with Crippen LogP contribution >= 0.6 is 11.6 Å². The van der Waals surface area contributed by atoms with E-state index in [1.54, 1.807) is 30.3 Å². The number of benzene rings is 2. The zero-order chi connectivity index (χ0) is 20.1. The monoisotopic (exact) mass is 401 g/mol. The highest BCUT2D eigenvalue weighted by molar-refractivity contribution is 6.31. The van der Waals surface area contributed by atoms with Crippen molar-refractivity contribution in [2.24, 2.45) is 0 Å². The molecule has 1 heterocycles. The SMILES string of the molecule is C[C@@H]1C[NH+](CCC(=O)Nc2ccc(Cl)cc2C(=O)c2ccccc2)C[C@H](C)O1. The Bertz CT molecular complexity index is 831. The largest absolute Gasteiger partial charge is 0.364 e. The topological polar surface area (TPSA) is 59.8 Å².